The fourth-order valence-electron chi connectivity index (χ4n) is 4.39. The molecule has 0 amide bonds. The topological polar surface area (TPSA) is 29.3 Å². The van der Waals surface area contributed by atoms with Crippen LogP contribution >= 0.6 is 0 Å². The molecule has 1 saturated carbocycles. The van der Waals surface area contributed by atoms with Crippen LogP contribution in [0.2, 0.25) is 0 Å². The molecule has 0 spiro atoms. The second-order valence-electron chi connectivity index (χ2n) is 8.32. The molecule has 0 aromatic carbocycles. The number of hydrogen-bond donors (Lipinski definition) is 1. The van der Waals surface area contributed by atoms with Crippen LogP contribution in [0.15, 0.2) is 0 Å². The number of likely N-dealkylation sites (tertiary alicyclic amines) is 1. The Labute approximate surface area is 126 Å². The maximum absolute atomic E-state index is 6.27. The van der Waals surface area contributed by atoms with Crippen molar-refractivity contribution in [2.24, 2.45) is 17.1 Å². The van der Waals surface area contributed by atoms with E-state index in [0.717, 1.165) is 12.5 Å². The molecule has 0 aromatic heterocycles. The molecule has 0 bridgehead atoms. The lowest BCUT2D eigenvalue weighted by Gasteiger charge is -2.50. The van der Waals surface area contributed by atoms with Gasteiger partial charge >= 0.3 is 0 Å². The second-order valence-corrected chi connectivity index (χ2v) is 8.32. The highest BCUT2D eigenvalue weighted by molar-refractivity contribution is 4.97. The summed E-state index contributed by atoms with van der Waals surface area (Å²) in [6, 6.07) is 0. The predicted molar refractivity (Wildman–Crippen MR) is 87.9 cm³/mol. The third-order valence-electron chi connectivity index (χ3n) is 6.05. The summed E-state index contributed by atoms with van der Waals surface area (Å²) in [5.74, 6) is 0.886. The molecule has 1 saturated heterocycles. The fraction of sp³-hybridized carbons (Fsp3) is 1.00. The van der Waals surface area contributed by atoms with Crippen molar-refractivity contribution < 1.29 is 0 Å². The lowest BCUT2D eigenvalue weighted by molar-refractivity contribution is 0.0163. The molecule has 0 aromatic rings. The molecule has 1 aliphatic heterocycles. The smallest absolute Gasteiger partial charge is 0.0331 e. The maximum atomic E-state index is 6.27. The van der Waals surface area contributed by atoms with Crippen LogP contribution in [0.1, 0.15) is 78.6 Å². The third-order valence-corrected chi connectivity index (χ3v) is 6.05. The van der Waals surface area contributed by atoms with Crippen LogP contribution in [-0.4, -0.2) is 30.1 Å². The van der Waals surface area contributed by atoms with Crippen molar-refractivity contribution in [1.82, 2.24) is 4.90 Å². The van der Waals surface area contributed by atoms with E-state index in [-0.39, 0.29) is 0 Å². The first kappa shape index (κ1) is 16.3. The summed E-state index contributed by atoms with van der Waals surface area (Å²) in [6.45, 7) is 10.7. The van der Waals surface area contributed by atoms with E-state index in [1.807, 2.05) is 0 Å². The maximum Gasteiger partial charge on any atom is 0.0331 e. The Morgan fingerprint density at radius 2 is 1.45 bits per heavy atom. The minimum atomic E-state index is 0.332. The van der Waals surface area contributed by atoms with Gasteiger partial charge in [-0.1, -0.05) is 40.0 Å². The van der Waals surface area contributed by atoms with Crippen molar-refractivity contribution >= 4 is 0 Å². The zero-order valence-electron chi connectivity index (χ0n) is 14.1. The first-order valence-electron chi connectivity index (χ1n) is 8.93. The quantitative estimate of drug-likeness (QED) is 0.822. The summed E-state index contributed by atoms with van der Waals surface area (Å²) in [6.07, 6.45) is 12.4. The lowest BCUT2D eigenvalue weighted by Crippen LogP contribution is -2.57. The van der Waals surface area contributed by atoms with E-state index in [4.69, 9.17) is 5.73 Å². The van der Waals surface area contributed by atoms with Crippen LogP contribution in [0.5, 0.6) is 0 Å². The van der Waals surface area contributed by atoms with Gasteiger partial charge in [-0.25, -0.2) is 0 Å². The largest absolute Gasteiger partial charge is 0.329 e. The van der Waals surface area contributed by atoms with Crippen molar-refractivity contribution in [3.63, 3.8) is 0 Å². The van der Waals surface area contributed by atoms with Gasteiger partial charge in [-0.15, -0.1) is 0 Å². The summed E-state index contributed by atoms with van der Waals surface area (Å²) in [7, 11) is 0. The molecule has 1 heterocycles. The van der Waals surface area contributed by atoms with Crippen molar-refractivity contribution in [2.75, 3.05) is 19.6 Å². The SMILES string of the molecule is CC(C)(C)C1CCC(CN)(N2CCCCCCC2)CC1. The zero-order chi connectivity index (χ0) is 14.6. The summed E-state index contributed by atoms with van der Waals surface area (Å²) >= 11 is 0. The number of nitrogens with two attached hydrogens (primary N) is 1. The Morgan fingerprint density at radius 1 is 0.950 bits per heavy atom. The minimum absolute atomic E-state index is 0.332. The predicted octanol–water partition coefficient (Wildman–Crippen LogP) is 4.19. The van der Waals surface area contributed by atoms with E-state index >= 15 is 0 Å². The average molecular weight is 280 g/mol. The molecule has 1 aliphatic carbocycles. The molecule has 2 nitrogen and oxygen atoms in total. The van der Waals surface area contributed by atoms with E-state index < -0.39 is 0 Å². The van der Waals surface area contributed by atoms with Crippen molar-refractivity contribution in [3.8, 4) is 0 Å². The van der Waals surface area contributed by atoms with Gasteiger partial charge in [0.05, 0.1) is 0 Å². The fourth-order valence-corrected chi connectivity index (χ4v) is 4.39. The van der Waals surface area contributed by atoms with Crippen LogP contribution in [0.4, 0.5) is 0 Å². The molecule has 2 aliphatic rings. The van der Waals surface area contributed by atoms with Gasteiger partial charge in [-0.2, -0.15) is 0 Å². The number of rotatable bonds is 2. The Hall–Kier alpha value is -0.0800. The molecule has 0 atom stereocenters. The normalized spacial score (nSPS) is 34.5. The Bertz CT molecular complexity index is 276. The molecule has 20 heavy (non-hydrogen) atoms. The van der Waals surface area contributed by atoms with Gasteiger partial charge in [0.15, 0.2) is 0 Å². The summed E-state index contributed by atoms with van der Waals surface area (Å²) < 4.78 is 0. The molecule has 2 fully saturated rings. The highest BCUT2D eigenvalue weighted by atomic mass is 15.2. The van der Waals surface area contributed by atoms with Gasteiger partial charge in [-0.3, -0.25) is 4.90 Å². The van der Waals surface area contributed by atoms with Gasteiger partial charge in [0.2, 0.25) is 0 Å². The molecule has 0 unspecified atom stereocenters. The van der Waals surface area contributed by atoms with Crippen molar-refractivity contribution in [2.45, 2.75) is 84.1 Å². The number of nitrogens with zero attached hydrogens (tertiary/aromatic N) is 1. The van der Waals surface area contributed by atoms with Crippen molar-refractivity contribution in [1.29, 1.82) is 0 Å². The average Bonchev–Trinajstić information content (AvgIpc) is 2.37. The number of hydrogen-bond acceptors (Lipinski definition) is 2. The van der Waals surface area contributed by atoms with Crippen LogP contribution in [0.3, 0.4) is 0 Å². The zero-order valence-corrected chi connectivity index (χ0v) is 14.1. The van der Waals surface area contributed by atoms with E-state index in [1.165, 1.54) is 70.9 Å². The Morgan fingerprint density at radius 3 is 1.90 bits per heavy atom. The van der Waals surface area contributed by atoms with E-state index in [0.29, 0.717) is 11.0 Å². The molecule has 2 heteroatoms. The molecular weight excluding hydrogens is 244 g/mol. The van der Waals surface area contributed by atoms with Gasteiger partial charge in [0, 0.05) is 12.1 Å². The molecule has 118 valence electrons. The van der Waals surface area contributed by atoms with Crippen LogP contribution in [0, 0.1) is 11.3 Å². The minimum Gasteiger partial charge on any atom is -0.329 e. The summed E-state index contributed by atoms with van der Waals surface area (Å²) in [5.41, 5.74) is 7.07. The highest BCUT2D eigenvalue weighted by Gasteiger charge is 2.41. The van der Waals surface area contributed by atoms with Gasteiger partial charge < -0.3 is 5.73 Å². The van der Waals surface area contributed by atoms with Gasteiger partial charge in [0.25, 0.3) is 0 Å². The Kier molecular flexibility index (Phi) is 5.53. The van der Waals surface area contributed by atoms with Crippen LogP contribution < -0.4 is 5.73 Å². The van der Waals surface area contributed by atoms with Crippen LogP contribution in [0.25, 0.3) is 0 Å². The van der Waals surface area contributed by atoms with E-state index in [2.05, 4.69) is 25.7 Å². The Balaban J connectivity index is 1.99. The summed E-state index contributed by atoms with van der Waals surface area (Å²) in [4.78, 5) is 2.78. The van der Waals surface area contributed by atoms with Crippen molar-refractivity contribution in [3.05, 3.63) is 0 Å². The standard InChI is InChI=1S/C18H36N2/c1-17(2,3)16-9-11-18(15-19,12-10-16)20-13-7-5-4-6-8-14-20/h16H,4-15,19H2,1-3H3. The van der Waals surface area contributed by atoms with E-state index in [9.17, 15) is 0 Å². The monoisotopic (exact) mass is 280 g/mol. The van der Waals surface area contributed by atoms with Gasteiger partial charge in [0.1, 0.15) is 0 Å². The highest BCUT2D eigenvalue weighted by Crippen LogP contribution is 2.43. The first-order chi connectivity index (χ1) is 9.48. The van der Waals surface area contributed by atoms with Gasteiger partial charge in [-0.05, 0) is 62.9 Å². The molecule has 2 N–H and O–H groups in total. The van der Waals surface area contributed by atoms with Crippen LogP contribution in [-0.2, 0) is 0 Å². The lowest BCUT2D eigenvalue weighted by atomic mass is 9.66. The molecule has 0 radical (unpaired) electrons. The van der Waals surface area contributed by atoms with E-state index in [1.54, 1.807) is 0 Å². The second kappa shape index (κ2) is 6.79. The third kappa shape index (κ3) is 3.76. The molecule has 2 rings (SSSR count). The summed E-state index contributed by atoms with van der Waals surface area (Å²) in [5, 5.41) is 0. The molecular formula is C18H36N2. The first-order valence-corrected chi connectivity index (χ1v) is 8.93.